The molecule has 6 heteroatoms. The molecule has 148 valence electrons. The molecule has 4 aromatic rings. The molecule has 0 saturated carbocycles. The number of aromatic amines is 1. The molecule has 0 radical (unpaired) electrons. The SMILES string of the molecule is COc1ccc2[nH]c(=O)c3sccc3c2c1-c1ccc(C2(O)CCNCC2)cc1. The lowest BCUT2D eigenvalue weighted by Crippen LogP contribution is -2.39. The lowest BCUT2D eigenvalue weighted by atomic mass is 9.84. The number of ether oxygens (including phenoxy) is 1. The molecule has 0 spiro atoms. The van der Waals surface area contributed by atoms with Crippen molar-refractivity contribution in [3.05, 3.63) is 63.8 Å². The van der Waals surface area contributed by atoms with Gasteiger partial charge >= 0.3 is 0 Å². The van der Waals surface area contributed by atoms with E-state index in [1.165, 1.54) is 11.3 Å². The molecule has 5 rings (SSSR count). The Hall–Kier alpha value is -2.67. The van der Waals surface area contributed by atoms with Crippen LogP contribution in [0.3, 0.4) is 0 Å². The van der Waals surface area contributed by atoms with Gasteiger partial charge in [-0.3, -0.25) is 4.79 Å². The molecule has 1 aliphatic heterocycles. The summed E-state index contributed by atoms with van der Waals surface area (Å²) in [6.45, 7) is 1.64. The zero-order valence-corrected chi connectivity index (χ0v) is 16.9. The van der Waals surface area contributed by atoms with E-state index in [4.69, 9.17) is 4.74 Å². The third-order valence-electron chi connectivity index (χ3n) is 5.92. The molecule has 2 aromatic carbocycles. The number of hydrogen-bond donors (Lipinski definition) is 3. The number of rotatable bonds is 3. The molecule has 0 unspecified atom stereocenters. The number of pyridine rings is 1. The minimum Gasteiger partial charge on any atom is -0.496 e. The number of H-pyrrole nitrogens is 1. The fourth-order valence-electron chi connectivity index (χ4n) is 4.36. The largest absolute Gasteiger partial charge is 0.496 e. The van der Waals surface area contributed by atoms with Crippen molar-refractivity contribution in [3.8, 4) is 16.9 Å². The summed E-state index contributed by atoms with van der Waals surface area (Å²) in [4.78, 5) is 15.4. The van der Waals surface area contributed by atoms with Crippen molar-refractivity contribution < 1.29 is 9.84 Å². The van der Waals surface area contributed by atoms with Crippen LogP contribution < -0.4 is 15.6 Å². The third kappa shape index (κ3) is 2.95. The Bertz CT molecular complexity index is 1250. The topological polar surface area (TPSA) is 74.4 Å². The summed E-state index contributed by atoms with van der Waals surface area (Å²) in [7, 11) is 1.66. The second-order valence-electron chi connectivity index (χ2n) is 7.54. The van der Waals surface area contributed by atoms with Gasteiger partial charge in [0.1, 0.15) is 10.4 Å². The number of fused-ring (bicyclic) bond motifs is 3. The third-order valence-corrected chi connectivity index (χ3v) is 6.83. The van der Waals surface area contributed by atoms with E-state index < -0.39 is 5.60 Å². The molecule has 2 aromatic heterocycles. The molecule has 1 saturated heterocycles. The normalized spacial score (nSPS) is 16.3. The predicted molar refractivity (Wildman–Crippen MR) is 118 cm³/mol. The summed E-state index contributed by atoms with van der Waals surface area (Å²) < 4.78 is 6.40. The molecule has 1 fully saturated rings. The van der Waals surface area contributed by atoms with Crippen LogP contribution >= 0.6 is 11.3 Å². The van der Waals surface area contributed by atoms with E-state index >= 15 is 0 Å². The molecule has 0 aliphatic carbocycles. The maximum absolute atomic E-state index is 12.4. The van der Waals surface area contributed by atoms with Crippen LogP contribution in [0.25, 0.3) is 32.1 Å². The molecular formula is C23H22N2O3S. The van der Waals surface area contributed by atoms with Crippen LogP contribution in [0.1, 0.15) is 18.4 Å². The maximum atomic E-state index is 12.4. The minimum absolute atomic E-state index is 0.0675. The minimum atomic E-state index is -0.779. The molecular weight excluding hydrogens is 384 g/mol. The summed E-state index contributed by atoms with van der Waals surface area (Å²) in [5, 5.41) is 18.2. The summed E-state index contributed by atoms with van der Waals surface area (Å²) >= 11 is 1.44. The van der Waals surface area contributed by atoms with Crippen LogP contribution in [0.15, 0.2) is 52.6 Å². The van der Waals surface area contributed by atoms with Gasteiger partial charge in [-0.1, -0.05) is 24.3 Å². The Morgan fingerprint density at radius 2 is 1.83 bits per heavy atom. The van der Waals surface area contributed by atoms with E-state index in [1.54, 1.807) is 7.11 Å². The number of benzene rings is 2. The zero-order valence-electron chi connectivity index (χ0n) is 16.1. The van der Waals surface area contributed by atoms with E-state index in [0.29, 0.717) is 17.5 Å². The average Bonchev–Trinajstić information content (AvgIpc) is 3.24. The highest BCUT2D eigenvalue weighted by atomic mass is 32.1. The van der Waals surface area contributed by atoms with Crippen molar-refractivity contribution in [1.29, 1.82) is 0 Å². The Balaban J connectivity index is 1.72. The first-order chi connectivity index (χ1) is 14.1. The van der Waals surface area contributed by atoms with Crippen molar-refractivity contribution in [1.82, 2.24) is 10.3 Å². The van der Waals surface area contributed by atoms with Crippen LogP contribution in [0.4, 0.5) is 0 Å². The number of methoxy groups -OCH3 is 1. The van der Waals surface area contributed by atoms with Crippen LogP contribution in [0.2, 0.25) is 0 Å². The van der Waals surface area contributed by atoms with Crippen LogP contribution in [0, 0.1) is 0 Å². The quantitative estimate of drug-likeness (QED) is 0.481. The van der Waals surface area contributed by atoms with Gasteiger partial charge in [-0.15, -0.1) is 11.3 Å². The summed E-state index contributed by atoms with van der Waals surface area (Å²) in [6.07, 6.45) is 1.42. The smallest absolute Gasteiger partial charge is 0.266 e. The molecule has 0 amide bonds. The van der Waals surface area contributed by atoms with Gasteiger partial charge in [-0.2, -0.15) is 0 Å². The summed E-state index contributed by atoms with van der Waals surface area (Å²) in [5.74, 6) is 0.755. The van der Waals surface area contributed by atoms with Crippen molar-refractivity contribution in [2.24, 2.45) is 0 Å². The average molecular weight is 407 g/mol. The fraction of sp³-hybridized carbons (Fsp3) is 0.261. The Kier molecular flexibility index (Phi) is 4.42. The van der Waals surface area contributed by atoms with Gasteiger partial charge in [-0.05, 0) is 60.6 Å². The molecule has 0 atom stereocenters. The van der Waals surface area contributed by atoms with Crippen LogP contribution in [-0.4, -0.2) is 30.3 Å². The van der Waals surface area contributed by atoms with Gasteiger partial charge in [0.15, 0.2) is 0 Å². The van der Waals surface area contributed by atoms with Gasteiger partial charge in [-0.25, -0.2) is 0 Å². The Morgan fingerprint density at radius 1 is 1.07 bits per heavy atom. The van der Waals surface area contributed by atoms with E-state index in [1.807, 2.05) is 47.8 Å². The van der Waals surface area contributed by atoms with Gasteiger partial charge < -0.3 is 20.1 Å². The van der Waals surface area contributed by atoms with Crippen LogP contribution in [0.5, 0.6) is 5.75 Å². The number of nitrogens with one attached hydrogen (secondary N) is 2. The van der Waals surface area contributed by atoms with E-state index in [0.717, 1.165) is 51.8 Å². The second-order valence-corrected chi connectivity index (χ2v) is 8.46. The highest BCUT2D eigenvalue weighted by Crippen LogP contribution is 2.41. The van der Waals surface area contributed by atoms with Crippen molar-refractivity contribution in [2.75, 3.05) is 20.2 Å². The van der Waals surface area contributed by atoms with Crippen molar-refractivity contribution >= 4 is 32.3 Å². The second kappa shape index (κ2) is 6.99. The van der Waals surface area contributed by atoms with Crippen molar-refractivity contribution in [3.63, 3.8) is 0 Å². The summed E-state index contributed by atoms with van der Waals surface area (Å²) in [5.41, 5.74) is 2.83. The first kappa shape index (κ1) is 18.4. The number of thiophene rings is 1. The molecule has 3 heterocycles. The molecule has 0 bridgehead atoms. The molecule has 5 nitrogen and oxygen atoms in total. The van der Waals surface area contributed by atoms with Gasteiger partial charge in [0.25, 0.3) is 5.56 Å². The van der Waals surface area contributed by atoms with Gasteiger partial charge in [0.05, 0.1) is 12.7 Å². The van der Waals surface area contributed by atoms with Gasteiger partial charge in [0, 0.05) is 21.9 Å². The summed E-state index contributed by atoms with van der Waals surface area (Å²) in [6, 6.07) is 13.9. The molecule has 29 heavy (non-hydrogen) atoms. The Labute approximate surface area is 172 Å². The Morgan fingerprint density at radius 3 is 2.55 bits per heavy atom. The highest BCUT2D eigenvalue weighted by molar-refractivity contribution is 7.17. The number of piperidine rings is 1. The highest BCUT2D eigenvalue weighted by Gasteiger charge is 2.31. The first-order valence-electron chi connectivity index (χ1n) is 9.75. The molecule has 1 aliphatic rings. The zero-order chi connectivity index (χ0) is 20.0. The van der Waals surface area contributed by atoms with E-state index in [-0.39, 0.29) is 5.56 Å². The number of aliphatic hydroxyl groups is 1. The fourth-order valence-corrected chi connectivity index (χ4v) is 5.16. The monoisotopic (exact) mass is 406 g/mol. The van der Waals surface area contributed by atoms with E-state index in [9.17, 15) is 9.90 Å². The first-order valence-corrected chi connectivity index (χ1v) is 10.6. The van der Waals surface area contributed by atoms with Gasteiger partial charge in [0.2, 0.25) is 0 Å². The van der Waals surface area contributed by atoms with Crippen molar-refractivity contribution in [2.45, 2.75) is 18.4 Å². The van der Waals surface area contributed by atoms with Crippen LogP contribution in [-0.2, 0) is 5.60 Å². The van der Waals surface area contributed by atoms with E-state index in [2.05, 4.69) is 10.3 Å². The number of hydrogen-bond acceptors (Lipinski definition) is 5. The molecule has 3 N–H and O–H groups in total. The maximum Gasteiger partial charge on any atom is 0.266 e. The lowest BCUT2D eigenvalue weighted by Gasteiger charge is -2.33. The standard InChI is InChI=1S/C23H22N2O3S/c1-28-18-7-6-17-20(16-8-13-29-21(16)22(26)25-17)19(18)14-2-4-15(5-3-14)23(27)9-11-24-12-10-23/h2-8,13,24,27H,9-12H2,1H3,(H,25,26). The lowest BCUT2D eigenvalue weighted by molar-refractivity contribution is 0.00595. The number of aromatic nitrogens is 1. The predicted octanol–water partition coefficient (Wildman–Crippen LogP) is 3.99.